The molecule has 2 N–H and O–H groups in total. The van der Waals surface area contributed by atoms with E-state index < -0.39 is 27.1 Å². The van der Waals surface area contributed by atoms with Gasteiger partial charge in [-0.1, -0.05) is 60.6 Å². The van der Waals surface area contributed by atoms with Crippen LogP contribution in [0, 0.1) is 0 Å². The van der Waals surface area contributed by atoms with Gasteiger partial charge in [-0.3, -0.25) is 0 Å². The number of benzene rings is 2. The number of para-hydroxylation sites is 1. The highest BCUT2D eigenvalue weighted by atomic mass is 32.2. The van der Waals surface area contributed by atoms with Crippen molar-refractivity contribution in [2.75, 3.05) is 11.1 Å². The zero-order valence-corrected chi connectivity index (χ0v) is 16.0. The first-order valence-corrected chi connectivity index (χ1v) is 10.4. The largest absolute Gasteiger partial charge is 0.410 e. The van der Waals surface area contributed by atoms with Crippen LogP contribution in [-0.4, -0.2) is 30.4 Å². The van der Waals surface area contributed by atoms with Gasteiger partial charge in [-0.25, -0.2) is 13.2 Å². The van der Waals surface area contributed by atoms with Gasteiger partial charge in [-0.15, -0.1) is 5.10 Å². The first kappa shape index (κ1) is 19.6. The van der Waals surface area contributed by atoms with Crippen LogP contribution in [0.3, 0.4) is 0 Å². The highest BCUT2D eigenvalue weighted by Gasteiger charge is 2.26. The number of hydrogen-bond acceptors (Lipinski definition) is 6. The summed E-state index contributed by atoms with van der Waals surface area (Å²) in [6.45, 7) is 1.49. The normalized spacial score (nSPS) is 12.3. The quantitative estimate of drug-likeness (QED) is 0.630. The molecule has 0 unspecified atom stereocenters. The number of urea groups is 1. The molecule has 0 saturated heterocycles. The second-order valence-corrected chi connectivity index (χ2v) is 8.17. The van der Waals surface area contributed by atoms with E-state index >= 15 is 0 Å². The third-order valence-corrected chi connectivity index (χ3v) is 5.44. The van der Waals surface area contributed by atoms with E-state index in [-0.39, 0.29) is 11.6 Å². The predicted molar refractivity (Wildman–Crippen MR) is 104 cm³/mol. The fourth-order valence-corrected chi connectivity index (χ4v) is 3.13. The number of rotatable bonds is 7. The van der Waals surface area contributed by atoms with Gasteiger partial charge in [0.15, 0.2) is 0 Å². The molecule has 3 rings (SSSR count). The molecule has 9 heteroatoms. The molecule has 1 aromatic heterocycles. The lowest BCUT2D eigenvalue weighted by atomic mass is 10.1. The van der Waals surface area contributed by atoms with Crippen molar-refractivity contribution in [2.45, 2.75) is 24.6 Å². The first-order valence-electron chi connectivity index (χ1n) is 8.70. The van der Waals surface area contributed by atoms with Crippen molar-refractivity contribution in [3.8, 4) is 0 Å². The molecule has 0 spiro atoms. The number of nitrogens with one attached hydrogen (secondary N) is 2. The van der Waals surface area contributed by atoms with E-state index in [9.17, 15) is 13.2 Å². The SMILES string of the molecule is CCS(=O)(=O)c1nnc([C@H](Cc2ccccc2)NC(=O)Nc2ccccc2)o1. The van der Waals surface area contributed by atoms with Gasteiger partial charge >= 0.3 is 11.3 Å². The van der Waals surface area contributed by atoms with E-state index in [1.165, 1.54) is 6.92 Å². The Balaban J connectivity index is 1.82. The molecule has 0 fully saturated rings. The summed E-state index contributed by atoms with van der Waals surface area (Å²) >= 11 is 0. The van der Waals surface area contributed by atoms with Gasteiger partial charge in [0.2, 0.25) is 15.7 Å². The van der Waals surface area contributed by atoms with Crippen LogP contribution in [0.2, 0.25) is 0 Å². The van der Waals surface area contributed by atoms with Gasteiger partial charge in [-0.05, 0) is 17.7 Å². The lowest BCUT2D eigenvalue weighted by molar-refractivity contribution is 0.244. The smallest absolute Gasteiger partial charge is 0.335 e. The Kier molecular flexibility index (Phi) is 6.05. The second kappa shape index (κ2) is 8.66. The number of nitrogens with zero attached hydrogens (tertiary/aromatic N) is 2. The molecule has 0 aliphatic heterocycles. The molecule has 0 aliphatic rings. The minimum absolute atomic E-state index is 0.0269. The molecule has 146 valence electrons. The van der Waals surface area contributed by atoms with Gasteiger partial charge in [0, 0.05) is 12.1 Å². The molecule has 1 atom stereocenters. The fourth-order valence-electron chi connectivity index (χ4n) is 2.51. The third-order valence-electron chi connectivity index (χ3n) is 3.99. The molecule has 0 bridgehead atoms. The maximum atomic E-state index is 12.4. The Hall–Kier alpha value is -3.20. The molecule has 8 nitrogen and oxygen atoms in total. The van der Waals surface area contributed by atoms with Crippen molar-refractivity contribution in [3.05, 3.63) is 72.1 Å². The van der Waals surface area contributed by atoms with E-state index in [0.717, 1.165) is 5.56 Å². The van der Waals surface area contributed by atoms with Crippen LogP contribution < -0.4 is 10.6 Å². The number of carbonyl (C=O) groups is 1. The van der Waals surface area contributed by atoms with Crippen LogP contribution in [0.1, 0.15) is 24.4 Å². The van der Waals surface area contributed by atoms with Crippen molar-refractivity contribution >= 4 is 21.6 Å². The number of hydrogen-bond donors (Lipinski definition) is 2. The lowest BCUT2D eigenvalue weighted by Gasteiger charge is -2.16. The molecule has 0 aliphatic carbocycles. The Bertz CT molecular complexity index is 1020. The number of sulfone groups is 1. The summed E-state index contributed by atoms with van der Waals surface area (Å²) in [5.74, 6) is -0.126. The van der Waals surface area contributed by atoms with Crippen molar-refractivity contribution in [1.29, 1.82) is 0 Å². The van der Waals surface area contributed by atoms with Crippen LogP contribution in [-0.2, 0) is 16.3 Å². The van der Waals surface area contributed by atoms with Crippen LogP contribution in [0.5, 0.6) is 0 Å². The molecule has 2 amide bonds. The van der Waals surface area contributed by atoms with Crippen LogP contribution in [0.25, 0.3) is 0 Å². The molecule has 1 heterocycles. The van der Waals surface area contributed by atoms with Crippen molar-refractivity contribution in [3.63, 3.8) is 0 Å². The van der Waals surface area contributed by atoms with Gasteiger partial charge in [0.05, 0.1) is 5.75 Å². The Morgan fingerprint density at radius 2 is 1.68 bits per heavy atom. The van der Waals surface area contributed by atoms with Gasteiger partial charge < -0.3 is 15.1 Å². The third kappa shape index (κ3) is 4.95. The van der Waals surface area contributed by atoms with Crippen molar-refractivity contribution in [1.82, 2.24) is 15.5 Å². The molecule has 2 aromatic carbocycles. The number of anilines is 1. The van der Waals surface area contributed by atoms with E-state index in [0.29, 0.717) is 12.1 Å². The summed E-state index contributed by atoms with van der Waals surface area (Å²) in [5.41, 5.74) is 1.55. The number of carbonyl (C=O) groups excluding carboxylic acids is 1. The highest BCUT2D eigenvalue weighted by Crippen LogP contribution is 2.20. The average Bonchev–Trinajstić information content (AvgIpc) is 3.20. The Labute approximate surface area is 162 Å². The minimum atomic E-state index is -3.63. The van der Waals surface area contributed by atoms with Crippen LogP contribution in [0.4, 0.5) is 10.5 Å². The minimum Gasteiger partial charge on any atom is -0.410 e. The summed E-state index contributed by atoms with van der Waals surface area (Å²) in [6.07, 6.45) is 0.358. The molecule has 0 saturated carbocycles. The summed E-state index contributed by atoms with van der Waals surface area (Å²) < 4.78 is 29.3. The van der Waals surface area contributed by atoms with Crippen molar-refractivity contribution < 1.29 is 17.6 Å². The second-order valence-electron chi connectivity index (χ2n) is 6.02. The van der Waals surface area contributed by atoms with Crippen molar-refractivity contribution in [2.24, 2.45) is 0 Å². The summed E-state index contributed by atoms with van der Waals surface area (Å²) in [7, 11) is -3.63. The zero-order chi connectivity index (χ0) is 20.0. The number of aromatic nitrogens is 2. The number of amides is 2. The standard InChI is InChI=1S/C19H20N4O4S/c1-2-28(25,26)19-23-22-17(27-19)16(13-14-9-5-3-6-10-14)21-18(24)20-15-11-7-4-8-12-15/h3-12,16H,2,13H2,1H3,(H2,20,21,24)/t16-/m0/s1. The summed E-state index contributed by atoms with van der Waals surface area (Å²) in [4.78, 5) is 12.4. The lowest BCUT2D eigenvalue weighted by Crippen LogP contribution is -2.34. The molecular formula is C19H20N4O4S. The van der Waals surface area contributed by atoms with E-state index in [2.05, 4.69) is 20.8 Å². The van der Waals surface area contributed by atoms with Crippen LogP contribution in [0.15, 0.2) is 70.3 Å². The zero-order valence-electron chi connectivity index (χ0n) is 15.2. The Morgan fingerprint density at radius 1 is 1.04 bits per heavy atom. The predicted octanol–water partition coefficient (Wildman–Crippen LogP) is 2.97. The Morgan fingerprint density at radius 3 is 2.32 bits per heavy atom. The maximum Gasteiger partial charge on any atom is 0.335 e. The van der Waals surface area contributed by atoms with Gasteiger partial charge in [-0.2, -0.15) is 0 Å². The fraction of sp³-hybridized carbons (Fsp3) is 0.211. The topological polar surface area (TPSA) is 114 Å². The molecular weight excluding hydrogens is 380 g/mol. The van der Waals surface area contributed by atoms with E-state index in [4.69, 9.17) is 4.42 Å². The highest BCUT2D eigenvalue weighted by molar-refractivity contribution is 7.91. The van der Waals surface area contributed by atoms with Crippen LogP contribution >= 0.6 is 0 Å². The molecule has 0 radical (unpaired) electrons. The molecule has 3 aromatic rings. The molecule has 28 heavy (non-hydrogen) atoms. The average molecular weight is 400 g/mol. The van der Waals surface area contributed by atoms with E-state index in [1.807, 2.05) is 36.4 Å². The summed E-state index contributed by atoms with van der Waals surface area (Å²) in [6, 6.07) is 17.2. The van der Waals surface area contributed by atoms with Gasteiger partial charge in [0.25, 0.3) is 0 Å². The first-order chi connectivity index (χ1) is 13.5. The monoisotopic (exact) mass is 400 g/mol. The summed E-state index contributed by atoms with van der Waals surface area (Å²) in [5, 5.41) is 12.5. The van der Waals surface area contributed by atoms with Gasteiger partial charge in [0.1, 0.15) is 6.04 Å². The van der Waals surface area contributed by atoms with E-state index in [1.54, 1.807) is 24.3 Å². The maximum absolute atomic E-state index is 12.4.